The van der Waals surface area contributed by atoms with Crippen molar-refractivity contribution in [3.05, 3.63) is 70.8 Å². The van der Waals surface area contributed by atoms with Gasteiger partial charge >= 0.3 is 5.69 Å². The van der Waals surface area contributed by atoms with Gasteiger partial charge in [-0.2, -0.15) is 4.98 Å². The Morgan fingerprint density at radius 1 is 1.03 bits per heavy atom. The molecular weight excluding hydrogens is 422 g/mol. The number of anilines is 1. The van der Waals surface area contributed by atoms with Crippen molar-refractivity contribution in [2.45, 2.75) is 19.5 Å². The zero-order chi connectivity index (χ0) is 23.1. The minimum Gasteiger partial charge on any atom is -0.383 e. The quantitative estimate of drug-likeness (QED) is 0.492. The van der Waals surface area contributed by atoms with Gasteiger partial charge in [-0.3, -0.25) is 23.9 Å². The standard InChI is InChI=1S/C24H25N5O4/c25-18-8-9-28(24(33)26-18)14-19(30)27(13-15-4-2-1-3-5-15)10-11-29-22(31)20-16-6-7-17(12-16)21(20)23(29)32/h1-9,16-17,20-21H,10-14H2,(H2,25,26,33)/t16-,17+,20+,21-. The van der Waals surface area contributed by atoms with Gasteiger partial charge < -0.3 is 10.6 Å². The van der Waals surface area contributed by atoms with Crippen LogP contribution in [0.2, 0.25) is 0 Å². The molecule has 1 saturated carbocycles. The monoisotopic (exact) mass is 447 g/mol. The molecule has 2 fully saturated rings. The Labute approximate surface area is 190 Å². The number of benzene rings is 1. The third kappa shape index (κ3) is 3.83. The van der Waals surface area contributed by atoms with Gasteiger partial charge in [0.25, 0.3) is 0 Å². The zero-order valence-corrected chi connectivity index (χ0v) is 18.0. The summed E-state index contributed by atoms with van der Waals surface area (Å²) in [4.78, 5) is 57.8. The van der Waals surface area contributed by atoms with E-state index in [2.05, 4.69) is 17.1 Å². The minimum absolute atomic E-state index is 0.0879. The molecule has 4 atom stereocenters. The molecule has 2 aromatic rings. The largest absolute Gasteiger partial charge is 0.383 e. The van der Waals surface area contributed by atoms with E-state index in [9.17, 15) is 19.2 Å². The summed E-state index contributed by atoms with van der Waals surface area (Å²) in [5.74, 6) is -0.712. The van der Waals surface area contributed by atoms with E-state index >= 15 is 0 Å². The molecule has 0 spiro atoms. The molecule has 9 heteroatoms. The highest BCUT2D eigenvalue weighted by atomic mass is 16.2. The maximum absolute atomic E-state index is 13.1. The van der Waals surface area contributed by atoms with Crippen LogP contribution in [0.25, 0.3) is 0 Å². The van der Waals surface area contributed by atoms with Gasteiger partial charge in [0.15, 0.2) is 0 Å². The molecule has 33 heavy (non-hydrogen) atoms. The van der Waals surface area contributed by atoms with Crippen molar-refractivity contribution in [2.75, 3.05) is 18.8 Å². The second-order valence-electron chi connectivity index (χ2n) is 8.89. The zero-order valence-electron chi connectivity index (χ0n) is 18.0. The molecule has 1 aromatic carbocycles. The molecule has 170 valence electrons. The van der Waals surface area contributed by atoms with Crippen LogP contribution in [0.4, 0.5) is 5.82 Å². The van der Waals surface area contributed by atoms with Gasteiger partial charge in [0.05, 0.1) is 11.8 Å². The van der Waals surface area contributed by atoms with E-state index < -0.39 is 5.69 Å². The van der Waals surface area contributed by atoms with Crippen LogP contribution in [-0.2, 0) is 27.5 Å². The lowest BCUT2D eigenvalue weighted by Gasteiger charge is -2.26. The molecule has 9 nitrogen and oxygen atoms in total. The molecule has 0 radical (unpaired) electrons. The molecular formula is C24H25N5O4. The van der Waals surface area contributed by atoms with Crippen LogP contribution < -0.4 is 11.4 Å². The second kappa shape index (κ2) is 8.31. The predicted octanol–water partition coefficient (Wildman–Crippen LogP) is 0.661. The topological polar surface area (TPSA) is 119 Å². The second-order valence-corrected chi connectivity index (χ2v) is 8.89. The molecule has 2 bridgehead atoms. The maximum Gasteiger partial charge on any atom is 0.349 e. The normalized spacial score (nSPS) is 25.0. The molecule has 2 heterocycles. The van der Waals surface area contributed by atoms with Crippen LogP contribution in [0.1, 0.15) is 12.0 Å². The van der Waals surface area contributed by atoms with Crippen LogP contribution in [0.5, 0.6) is 0 Å². The number of likely N-dealkylation sites (tertiary alicyclic amines) is 1. The van der Waals surface area contributed by atoms with Gasteiger partial charge in [0, 0.05) is 25.8 Å². The van der Waals surface area contributed by atoms with Crippen LogP contribution >= 0.6 is 0 Å². The number of nitrogen functional groups attached to an aromatic ring is 1. The highest BCUT2D eigenvalue weighted by Gasteiger charge is 2.59. The summed E-state index contributed by atoms with van der Waals surface area (Å²) < 4.78 is 1.19. The van der Waals surface area contributed by atoms with E-state index in [0.717, 1.165) is 12.0 Å². The van der Waals surface area contributed by atoms with Crippen molar-refractivity contribution in [3.8, 4) is 0 Å². The first-order chi connectivity index (χ1) is 15.9. The predicted molar refractivity (Wildman–Crippen MR) is 119 cm³/mol. The van der Waals surface area contributed by atoms with E-state index in [1.165, 1.54) is 21.7 Å². The first kappa shape index (κ1) is 21.1. The summed E-state index contributed by atoms with van der Waals surface area (Å²) in [6, 6.07) is 10.9. The first-order valence-electron chi connectivity index (χ1n) is 11.1. The first-order valence-corrected chi connectivity index (χ1v) is 11.1. The SMILES string of the molecule is Nc1ccn(CC(=O)N(CCN2C(=O)[C@@H]3[C@H](C2=O)[C@H]2C=C[C@@H]3C2)Cc2ccccc2)c(=O)n1. The van der Waals surface area contributed by atoms with Gasteiger partial charge in [-0.05, 0) is 29.9 Å². The summed E-state index contributed by atoms with van der Waals surface area (Å²) in [7, 11) is 0. The fourth-order valence-corrected chi connectivity index (χ4v) is 5.31. The van der Waals surface area contributed by atoms with Crippen LogP contribution in [0, 0.1) is 23.7 Å². The van der Waals surface area contributed by atoms with E-state index in [4.69, 9.17) is 5.73 Å². The van der Waals surface area contributed by atoms with Crippen molar-refractivity contribution in [1.29, 1.82) is 0 Å². The Morgan fingerprint density at radius 3 is 2.33 bits per heavy atom. The van der Waals surface area contributed by atoms with E-state index in [1.54, 1.807) is 4.90 Å². The maximum atomic E-state index is 13.1. The lowest BCUT2D eigenvalue weighted by Crippen LogP contribution is -2.43. The van der Waals surface area contributed by atoms with E-state index in [-0.39, 0.29) is 66.8 Å². The average molecular weight is 447 g/mol. The number of nitrogens with zero attached hydrogens (tertiary/aromatic N) is 4. The van der Waals surface area contributed by atoms with Crippen molar-refractivity contribution < 1.29 is 14.4 Å². The number of amides is 3. The Bertz CT molecular complexity index is 1160. The van der Waals surface area contributed by atoms with Gasteiger partial charge in [0.1, 0.15) is 12.4 Å². The molecule has 0 unspecified atom stereocenters. The molecule has 2 N–H and O–H groups in total. The van der Waals surface area contributed by atoms with Gasteiger partial charge in [0.2, 0.25) is 17.7 Å². The van der Waals surface area contributed by atoms with Crippen molar-refractivity contribution in [1.82, 2.24) is 19.4 Å². The summed E-state index contributed by atoms with van der Waals surface area (Å²) in [5, 5.41) is 0. The summed E-state index contributed by atoms with van der Waals surface area (Å²) in [5.41, 5.74) is 5.83. The minimum atomic E-state index is -0.608. The molecule has 3 amide bonds. The van der Waals surface area contributed by atoms with Gasteiger partial charge in [-0.1, -0.05) is 42.5 Å². The molecule has 5 rings (SSSR count). The van der Waals surface area contributed by atoms with E-state index in [1.807, 2.05) is 30.3 Å². The number of carbonyl (C=O) groups is 3. The van der Waals surface area contributed by atoms with Crippen molar-refractivity contribution >= 4 is 23.5 Å². The smallest absolute Gasteiger partial charge is 0.349 e. The summed E-state index contributed by atoms with van der Waals surface area (Å²) in [6.07, 6.45) is 6.43. The highest BCUT2D eigenvalue weighted by Crippen LogP contribution is 2.52. The lowest BCUT2D eigenvalue weighted by atomic mass is 9.85. The number of nitrogens with two attached hydrogens (primary N) is 1. The van der Waals surface area contributed by atoms with E-state index in [0.29, 0.717) is 6.54 Å². The number of carbonyl (C=O) groups excluding carboxylic acids is 3. The summed E-state index contributed by atoms with van der Waals surface area (Å²) in [6.45, 7) is 0.412. The third-order valence-electron chi connectivity index (χ3n) is 6.93. The Balaban J connectivity index is 1.32. The number of hydrogen-bond acceptors (Lipinski definition) is 6. The molecule has 3 aliphatic rings. The number of imide groups is 1. The van der Waals surface area contributed by atoms with Crippen molar-refractivity contribution in [2.24, 2.45) is 23.7 Å². The van der Waals surface area contributed by atoms with Crippen LogP contribution in [-0.4, -0.2) is 50.2 Å². The number of rotatable bonds is 7. The van der Waals surface area contributed by atoms with Crippen molar-refractivity contribution in [3.63, 3.8) is 0 Å². The molecule has 1 aromatic heterocycles. The van der Waals surface area contributed by atoms with Crippen LogP contribution in [0.15, 0.2) is 59.5 Å². The number of allylic oxidation sites excluding steroid dienone is 2. The average Bonchev–Trinajstić information content (AvgIpc) is 3.48. The fraction of sp³-hybridized carbons (Fsp3) is 0.375. The Kier molecular flexibility index (Phi) is 5.32. The molecule has 1 saturated heterocycles. The fourth-order valence-electron chi connectivity index (χ4n) is 5.31. The third-order valence-corrected chi connectivity index (χ3v) is 6.93. The van der Waals surface area contributed by atoms with Crippen LogP contribution in [0.3, 0.4) is 0 Å². The number of fused-ring (bicyclic) bond motifs is 5. The number of aromatic nitrogens is 2. The highest BCUT2D eigenvalue weighted by molar-refractivity contribution is 6.06. The Hall–Kier alpha value is -3.75. The molecule has 1 aliphatic heterocycles. The Morgan fingerprint density at radius 2 is 1.70 bits per heavy atom. The summed E-state index contributed by atoms with van der Waals surface area (Å²) >= 11 is 0. The van der Waals surface area contributed by atoms with Gasteiger partial charge in [-0.25, -0.2) is 4.79 Å². The lowest BCUT2D eigenvalue weighted by molar-refractivity contribution is -0.142. The van der Waals surface area contributed by atoms with Gasteiger partial charge in [-0.15, -0.1) is 0 Å². The number of hydrogen-bond donors (Lipinski definition) is 1. The molecule has 2 aliphatic carbocycles.